The third kappa shape index (κ3) is 5.36. The van der Waals surface area contributed by atoms with Gasteiger partial charge in [-0.15, -0.1) is 0 Å². The molecule has 1 aromatic carbocycles. The smallest absolute Gasteiger partial charge is 0.255 e. The molecule has 1 atom stereocenters. The van der Waals surface area contributed by atoms with Crippen LogP contribution in [0, 0.1) is 6.92 Å². The third-order valence-electron chi connectivity index (χ3n) is 5.20. The summed E-state index contributed by atoms with van der Waals surface area (Å²) in [6.07, 6.45) is 2.23. The van der Waals surface area contributed by atoms with Crippen molar-refractivity contribution in [2.24, 2.45) is 0 Å². The summed E-state index contributed by atoms with van der Waals surface area (Å²) in [5.74, 6) is -0.00464. The largest absolute Gasteiger partial charge is 0.496 e. The summed E-state index contributed by atoms with van der Waals surface area (Å²) >= 11 is 0. The minimum absolute atomic E-state index is 0.224. The maximum atomic E-state index is 12.8. The first kappa shape index (κ1) is 22.4. The summed E-state index contributed by atoms with van der Waals surface area (Å²) in [6, 6.07) is 3.75. The normalized spacial score (nSPS) is 17.7. The van der Waals surface area contributed by atoms with Crippen LogP contribution in [0.2, 0.25) is 0 Å². The van der Waals surface area contributed by atoms with Crippen LogP contribution in [0.15, 0.2) is 12.1 Å². The standard InChI is InChI=1S/C19H32N4O4S/c1-6-23-9-7-8-15(23)12-20-19(24)16-11-17(14(2)10-18(16)27-5)21-13-28(25,26)22(3)4/h10-11,15,21H,6-9,12-13H2,1-5H3,(H,20,24). The van der Waals surface area contributed by atoms with Crippen LogP contribution in [0.4, 0.5) is 5.69 Å². The molecule has 2 N–H and O–H groups in total. The molecule has 0 saturated carbocycles. The first-order chi connectivity index (χ1) is 13.2. The topological polar surface area (TPSA) is 91.0 Å². The van der Waals surface area contributed by atoms with E-state index < -0.39 is 10.0 Å². The van der Waals surface area contributed by atoms with Crippen molar-refractivity contribution in [1.29, 1.82) is 0 Å². The van der Waals surface area contributed by atoms with Crippen molar-refractivity contribution < 1.29 is 17.9 Å². The lowest BCUT2D eigenvalue weighted by atomic mass is 10.1. The minimum atomic E-state index is -3.41. The first-order valence-electron chi connectivity index (χ1n) is 9.54. The number of anilines is 1. The Bertz CT molecular complexity index is 795. The first-order valence-corrected chi connectivity index (χ1v) is 11.2. The van der Waals surface area contributed by atoms with E-state index in [1.165, 1.54) is 21.2 Å². The molecule has 28 heavy (non-hydrogen) atoms. The van der Waals surface area contributed by atoms with Crippen LogP contribution in [0.1, 0.15) is 35.7 Å². The van der Waals surface area contributed by atoms with Crippen LogP contribution in [-0.4, -0.2) is 76.3 Å². The number of methoxy groups -OCH3 is 1. The zero-order chi connectivity index (χ0) is 20.9. The molecule has 1 heterocycles. The van der Waals surface area contributed by atoms with Gasteiger partial charge in [-0.05, 0) is 50.6 Å². The molecule has 9 heteroatoms. The van der Waals surface area contributed by atoms with Crippen LogP contribution in [0.5, 0.6) is 5.75 Å². The molecule has 1 aliphatic rings. The average Bonchev–Trinajstić information content (AvgIpc) is 3.12. The van der Waals surface area contributed by atoms with Crippen molar-refractivity contribution >= 4 is 21.6 Å². The highest BCUT2D eigenvalue weighted by Crippen LogP contribution is 2.27. The number of amides is 1. The van der Waals surface area contributed by atoms with E-state index in [1.807, 2.05) is 6.92 Å². The number of sulfonamides is 1. The van der Waals surface area contributed by atoms with Crippen molar-refractivity contribution in [1.82, 2.24) is 14.5 Å². The predicted octanol–water partition coefficient (Wildman–Crippen LogP) is 1.48. The molecule has 0 aromatic heterocycles. The second kappa shape index (κ2) is 9.58. The highest BCUT2D eigenvalue weighted by Gasteiger charge is 2.24. The fourth-order valence-electron chi connectivity index (χ4n) is 3.36. The van der Waals surface area contributed by atoms with Crippen molar-refractivity contribution in [2.45, 2.75) is 32.7 Å². The van der Waals surface area contributed by atoms with Gasteiger partial charge in [-0.2, -0.15) is 0 Å². The van der Waals surface area contributed by atoms with Gasteiger partial charge in [0.2, 0.25) is 10.0 Å². The van der Waals surface area contributed by atoms with Gasteiger partial charge in [-0.1, -0.05) is 6.92 Å². The molecular weight excluding hydrogens is 380 g/mol. The average molecular weight is 413 g/mol. The van der Waals surface area contributed by atoms with Gasteiger partial charge < -0.3 is 15.4 Å². The van der Waals surface area contributed by atoms with Crippen molar-refractivity contribution in [3.63, 3.8) is 0 Å². The zero-order valence-corrected chi connectivity index (χ0v) is 18.2. The van der Waals surface area contributed by atoms with Crippen molar-refractivity contribution in [3.05, 3.63) is 23.3 Å². The molecule has 8 nitrogen and oxygen atoms in total. The molecule has 0 aliphatic carbocycles. The second-order valence-electron chi connectivity index (χ2n) is 7.22. The summed E-state index contributed by atoms with van der Waals surface area (Å²) in [5.41, 5.74) is 1.78. The van der Waals surface area contributed by atoms with E-state index in [-0.39, 0.29) is 11.8 Å². The fraction of sp³-hybridized carbons (Fsp3) is 0.632. The van der Waals surface area contributed by atoms with Crippen LogP contribution in [-0.2, 0) is 10.0 Å². The number of benzene rings is 1. The SMILES string of the molecule is CCN1CCCC1CNC(=O)c1cc(NCS(=O)(=O)N(C)C)c(C)cc1OC. The number of carbonyl (C=O) groups excluding carboxylic acids is 1. The second-order valence-corrected chi connectivity index (χ2v) is 9.40. The number of rotatable bonds is 9. The number of nitrogens with one attached hydrogen (secondary N) is 2. The molecule has 2 rings (SSSR count). The Morgan fingerprint density at radius 2 is 2.07 bits per heavy atom. The maximum absolute atomic E-state index is 12.8. The van der Waals surface area contributed by atoms with Gasteiger partial charge in [-0.25, -0.2) is 12.7 Å². The Kier molecular flexibility index (Phi) is 7.68. The Labute approximate surface area is 168 Å². The minimum Gasteiger partial charge on any atom is -0.496 e. The Hall–Kier alpha value is -1.84. The third-order valence-corrected chi connectivity index (χ3v) is 6.82. The molecular formula is C19H32N4O4S. The summed E-state index contributed by atoms with van der Waals surface area (Å²) in [7, 11) is 1.08. The Balaban J connectivity index is 2.14. The lowest BCUT2D eigenvalue weighted by Gasteiger charge is -2.23. The van der Waals surface area contributed by atoms with E-state index in [4.69, 9.17) is 4.74 Å². The molecule has 1 unspecified atom stereocenters. The number of likely N-dealkylation sites (tertiary alicyclic amines) is 1. The van der Waals surface area contributed by atoms with Gasteiger partial charge in [0.15, 0.2) is 0 Å². The van der Waals surface area contributed by atoms with Crippen LogP contribution in [0.25, 0.3) is 0 Å². The predicted molar refractivity (Wildman–Crippen MR) is 111 cm³/mol. The van der Waals surface area contributed by atoms with E-state index in [1.54, 1.807) is 12.1 Å². The number of nitrogens with zero attached hydrogens (tertiary/aromatic N) is 2. The number of likely N-dealkylation sites (N-methyl/N-ethyl adjacent to an activating group) is 1. The van der Waals surface area contributed by atoms with Crippen molar-refractivity contribution in [3.8, 4) is 5.75 Å². The number of hydrogen-bond donors (Lipinski definition) is 2. The molecule has 1 fully saturated rings. The monoisotopic (exact) mass is 412 g/mol. The Morgan fingerprint density at radius 3 is 2.68 bits per heavy atom. The van der Waals surface area contributed by atoms with Gasteiger partial charge >= 0.3 is 0 Å². The lowest BCUT2D eigenvalue weighted by Crippen LogP contribution is -2.40. The van der Waals surface area contributed by atoms with E-state index in [9.17, 15) is 13.2 Å². The van der Waals surface area contributed by atoms with Gasteiger partial charge in [0.25, 0.3) is 5.91 Å². The van der Waals surface area contributed by atoms with E-state index >= 15 is 0 Å². The fourth-order valence-corrected chi connectivity index (χ4v) is 3.96. The molecule has 1 saturated heterocycles. The summed E-state index contributed by atoms with van der Waals surface area (Å²) < 4.78 is 30.6. The van der Waals surface area contributed by atoms with E-state index in [0.29, 0.717) is 29.6 Å². The van der Waals surface area contributed by atoms with E-state index in [2.05, 4.69) is 22.5 Å². The lowest BCUT2D eigenvalue weighted by molar-refractivity contribution is 0.0938. The van der Waals surface area contributed by atoms with Gasteiger partial charge in [0.05, 0.1) is 12.7 Å². The number of ether oxygens (including phenoxy) is 1. The van der Waals surface area contributed by atoms with Gasteiger partial charge in [0, 0.05) is 32.4 Å². The quantitative estimate of drug-likeness (QED) is 0.638. The number of carbonyl (C=O) groups is 1. The molecule has 1 aliphatic heterocycles. The van der Waals surface area contributed by atoms with Crippen LogP contribution >= 0.6 is 0 Å². The maximum Gasteiger partial charge on any atom is 0.255 e. The summed E-state index contributed by atoms with van der Waals surface area (Å²) in [5, 5.41) is 5.92. The molecule has 1 aromatic rings. The number of hydrogen-bond acceptors (Lipinski definition) is 6. The highest BCUT2D eigenvalue weighted by atomic mass is 32.2. The summed E-state index contributed by atoms with van der Waals surface area (Å²) in [6.45, 7) is 6.60. The highest BCUT2D eigenvalue weighted by molar-refractivity contribution is 7.89. The van der Waals surface area contributed by atoms with Crippen LogP contribution < -0.4 is 15.4 Å². The van der Waals surface area contributed by atoms with Gasteiger partial charge in [-0.3, -0.25) is 9.69 Å². The molecule has 158 valence electrons. The summed E-state index contributed by atoms with van der Waals surface area (Å²) in [4.78, 5) is 15.2. The van der Waals surface area contributed by atoms with E-state index in [0.717, 1.165) is 35.8 Å². The Morgan fingerprint density at radius 1 is 1.36 bits per heavy atom. The van der Waals surface area contributed by atoms with Crippen molar-refractivity contribution in [2.75, 3.05) is 52.0 Å². The van der Waals surface area contributed by atoms with Gasteiger partial charge in [0.1, 0.15) is 11.6 Å². The molecule has 1 amide bonds. The number of aryl methyl sites for hydroxylation is 1. The molecule has 0 bridgehead atoms. The van der Waals surface area contributed by atoms with Crippen LogP contribution in [0.3, 0.4) is 0 Å². The molecule has 0 spiro atoms. The molecule has 0 radical (unpaired) electrons. The zero-order valence-electron chi connectivity index (χ0n) is 17.4.